The van der Waals surface area contributed by atoms with Gasteiger partial charge in [-0.05, 0) is 27.7 Å². The summed E-state index contributed by atoms with van der Waals surface area (Å²) in [6.07, 6.45) is -4.82. The molecule has 0 aromatic rings. The van der Waals surface area contributed by atoms with Gasteiger partial charge in [0.05, 0.1) is 6.10 Å². The topological polar surface area (TPSA) is 112 Å². The fourth-order valence-corrected chi connectivity index (χ4v) is 3.51. The maximum atomic E-state index is 12.1. The Balaban J connectivity index is 2.10. The number of carbonyl (C=O) groups is 1. The zero-order valence-corrected chi connectivity index (χ0v) is 14.6. The Labute approximate surface area is 139 Å². The van der Waals surface area contributed by atoms with Crippen molar-refractivity contribution in [1.82, 2.24) is 4.90 Å². The molecule has 1 amide bonds. The molecule has 0 saturated carbocycles. The third-order valence-corrected chi connectivity index (χ3v) is 4.73. The van der Waals surface area contributed by atoms with Crippen LogP contribution < -0.4 is 0 Å². The van der Waals surface area contributed by atoms with E-state index in [1.807, 2.05) is 0 Å². The summed E-state index contributed by atoms with van der Waals surface area (Å²) in [4.78, 5) is 17.6. The molecule has 23 heavy (non-hydrogen) atoms. The van der Waals surface area contributed by atoms with Crippen molar-refractivity contribution in [2.75, 3.05) is 7.05 Å². The average molecular weight is 348 g/mol. The van der Waals surface area contributed by atoms with E-state index in [1.165, 1.54) is 18.9 Å². The van der Waals surface area contributed by atoms with Gasteiger partial charge in [-0.3, -0.25) is 9.89 Å². The zero-order chi connectivity index (χ0) is 17.5. The van der Waals surface area contributed by atoms with Gasteiger partial charge in [-0.2, -0.15) is 0 Å². The van der Waals surface area contributed by atoms with E-state index in [0.717, 1.165) is 11.8 Å². The number of aliphatic imine (C=N–C) groups is 1. The third kappa shape index (κ3) is 3.97. The molecule has 3 N–H and O–H groups in total. The summed E-state index contributed by atoms with van der Waals surface area (Å²) in [7, 11) is 1.52. The first-order chi connectivity index (χ1) is 10.5. The van der Waals surface area contributed by atoms with E-state index in [-0.39, 0.29) is 0 Å². The molecule has 1 saturated heterocycles. The van der Waals surface area contributed by atoms with Crippen LogP contribution in [0.2, 0.25) is 0 Å². The van der Waals surface area contributed by atoms with Crippen molar-refractivity contribution in [3.05, 3.63) is 0 Å². The molecule has 132 valence electrons. The van der Waals surface area contributed by atoms with E-state index in [1.54, 1.807) is 20.8 Å². The smallest absolute Gasteiger partial charge is 0.416 e. The highest BCUT2D eigenvalue weighted by Gasteiger charge is 2.50. The van der Waals surface area contributed by atoms with Gasteiger partial charge in [-0.15, -0.1) is 0 Å². The van der Waals surface area contributed by atoms with Crippen molar-refractivity contribution in [1.29, 1.82) is 0 Å². The lowest BCUT2D eigenvalue weighted by atomic mass is 9.95. The molecule has 9 heteroatoms. The molecule has 0 aliphatic carbocycles. The van der Waals surface area contributed by atoms with Gasteiger partial charge in [0.1, 0.15) is 35.4 Å². The number of aliphatic hydroxyl groups is 3. The summed E-state index contributed by atoms with van der Waals surface area (Å²) in [5.41, 5.74) is -1.21. The van der Waals surface area contributed by atoms with E-state index < -0.39 is 47.6 Å². The predicted octanol–water partition coefficient (Wildman–Crippen LogP) is 0.152. The molecule has 8 nitrogen and oxygen atoms in total. The second kappa shape index (κ2) is 6.56. The number of rotatable bonds is 1. The number of nitrogens with zero attached hydrogens (tertiary/aromatic N) is 2. The molecule has 6 atom stereocenters. The molecule has 0 bridgehead atoms. The molecule has 0 spiro atoms. The highest BCUT2D eigenvalue weighted by Crippen LogP contribution is 2.38. The lowest BCUT2D eigenvalue weighted by molar-refractivity contribution is -0.181. The van der Waals surface area contributed by atoms with Gasteiger partial charge in [-0.25, -0.2) is 4.79 Å². The average Bonchev–Trinajstić information content (AvgIpc) is 2.83. The van der Waals surface area contributed by atoms with E-state index in [2.05, 4.69) is 4.99 Å². The first-order valence-corrected chi connectivity index (χ1v) is 8.30. The first-order valence-electron chi connectivity index (χ1n) is 7.42. The van der Waals surface area contributed by atoms with Crippen molar-refractivity contribution in [2.45, 2.75) is 69.2 Å². The van der Waals surface area contributed by atoms with Gasteiger partial charge in [0.25, 0.3) is 0 Å². The van der Waals surface area contributed by atoms with Crippen LogP contribution in [0.5, 0.6) is 0 Å². The predicted molar refractivity (Wildman–Crippen MR) is 85.2 cm³/mol. The van der Waals surface area contributed by atoms with Crippen molar-refractivity contribution in [3.63, 3.8) is 0 Å². The monoisotopic (exact) mass is 348 g/mol. The summed E-state index contributed by atoms with van der Waals surface area (Å²) < 4.78 is 10.9. The maximum Gasteiger partial charge on any atom is 0.416 e. The third-order valence-electron chi connectivity index (χ3n) is 3.52. The number of hydrogen-bond acceptors (Lipinski definition) is 8. The summed E-state index contributed by atoms with van der Waals surface area (Å²) in [6.45, 7) is 6.77. The number of carbonyl (C=O) groups excluding carboxylic acids is 1. The Morgan fingerprint density at radius 2 is 2.00 bits per heavy atom. The molecule has 2 rings (SSSR count). The number of amides is 1. The van der Waals surface area contributed by atoms with E-state index in [0.29, 0.717) is 5.17 Å². The van der Waals surface area contributed by atoms with Gasteiger partial charge in [0.15, 0.2) is 5.17 Å². The Kier molecular flexibility index (Phi) is 5.27. The van der Waals surface area contributed by atoms with Gasteiger partial charge in [0, 0.05) is 7.05 Å². The molecule has 2 aliphatic rings. The molecule has 1 fully saturated rings. The van der Waals surface area contributed by atoms with Crippen molar-refractivity contribution < 1.29 is 29.6 Å². The lowest BCUT2D eigenvalue weighted by Crippen LogP contribution is -2.57. The highest BCUT2D eigenvalue weighted by atomic mass is 32.2. The minimum atomic E-state index is -1.24. The second-order valence-electron chi connectivity index (χ2n) is 6.75. The largest absolute Gasteiger partial charge is 0.443 e. The Hall–Kier alpha value is -0.870. The number of amidine groups is 1. The minimum Gasteiger partial charge on any atom is -0.443 e. The van der Waals surface area contributed by atoms with E-state index >= 15 is 0 Å². The molecule has 0 aromatic heterocycles. The van der Waals surface area contributed by atoms with Gasteiger partial charge in [-0.1, -0.05) is 11.8 Å². The minimum absolute atomic E-state index is 0.340. The standard InChI is InChI=1S/C14H24N2O6S/c1-6(17)10-9(19)8(18)7-11(21-10)23-12(15-7)16(5)13(20)22-14(2,3)4/h6-11,17-19H,1-5H3/t6-,7+,8+,9-,10+,11+/m0/s1. The molecule has 0 aromatic carbocycles. The van der Waals surface area contributed by atoms with Gasteiger partial charge >= 0.3 is 6.09 Å². The van der Waals surface area contributed by atoms with Crippen LogP contribution in [-0.2, 0) is 9.47 Å². The number of fused-ring (bicyclic) bond motifs is 1. The van der Waals surface area contributed by atoms with Crippen LogP contribution in [-0.4, -0.2) is 80.0 Å². The number of thioether (sulfide) groups is 1. The summed E-state index contributed by atoms with van der Waals surface area (Å²) in [5, 5.41) is 30.2. The molecular weight excluding hydrogens is 324 g/mol. The number of aliphatic hydroxyl groups excluding tert-OH is 3. The van der Waals surface area contributed by atoms with Crippen LogP contribution in [0.4, 0.5) is 4.79 Å². The van der Waals surface area contributed by atoms with E-state index in [4.69, 9.17) is 9.47 Å². The van der Waals surface area contributed by atoms with Gasteiger partial charge < -0.3 is 24.8 Å². The van der Waals surface area contributed by atoms with Crippen molar-refractivity contribution >= 4 is 23.0 Å². The normalized spacial score (nSPS) is 35.3. The molecule has 0 radical (unpaired) electrons. The molecule has 2 aliphatic heterocycles. The van der Waals surface area contributed by atoms with Crippen LogP contribution in [0.25, 0.3) is 0 Å². The fraction of sp³-hybridized carbons (Fsp3) is 0.857. The zero-order valence-electron chi connectivity index (χ0n) is 13.8. The van der Waals surface area contributed by atoms with Crippen LogP contribution in [0, 0.1) is 0 Å². The van der Waals surface area contributed by atoms with Crippen LogP contribution in [0.1, 0.15) is 27.7 Å². The molecular formula is C14H24N2O6S. The first kappa shape index (κ1) is 18.5. The Morgan fingerprint density at radius 3 is 2.52 bits per heavy atom. The van der Waals surface area contributed by atoms with Crippen LogP contribution in [0.3, 0.4) is 0 Å². The summed E-state index contributed by atoms with van der Waals surface area (Å²) in [6, 6.07) is -0.704. The fourth-order valence-electron chi connectivity index (χ4n) is 2.34. The Bertz CT molecular complexity index is 492. The highest BCUT2D eigenvalue weighted by molar-refractivity contribution is 8.14. The number of ether oxygens (including phenoxy) is 2. The van der Waals surface area contributed by atoms with Crippen LogP contribution >= 0.6 is 11.8 Å². The summed E-state index contributed by atoms with van der Waals surface area (Å²) >= 11 is 1.15. The molecule has 0 unspecified atom stereocenters. The van der Waals surface area contributed by atoms with Crippen molar-refractivity contribution in [3.8, 4) is 0 Å². The second-order valence-corrected chi connectivity index (χ2v) is 7.82. The van der Waals surface area contributed by atoms with Crippen molar-refractivity contribution in [2.24, 2.45) is 4.99 Å². The quantitative estimate of drug-likeness (QED) is 0.618. The number of hydrogen-bond donors (Lipinski definition) is 3. The summed E-state index contributed by atoms with van der Waals surface area (Å²) in [5.74, 6) is 0. The van der Waals surface area contributed by atoms with E-state index in [9.17, 15) is 20.1 Å². The molecule has 2 heterocycles. The lowest BCUT2D eigenvalue weighted by Gasteiger charge is -2.39. The van der Waals surface area contributed by atoms with Crippen LogP contribution in [0.15, 0.2) is 4.99 Å². The maximum absolute atomic E-state index is 12.1. The SMILES string of the molecule is C[C@H](O)[C@H]1O[C@@H]2SC(N(C)C(=O)OC(C)(C)C)=N[C@@H]2[C@@H](O)[C@@H]1O. The van der Waals surface area contributed by atoms with Gasteiger partial charge in [0.2, 0.25) is 0 Å². The Morgan fingerprint density at radius 1 is 1.39 bits per heavy atom.